The van der Waals surface area contributed by atoms with E-state index in [1.54, 1.807) is 48.5 Å². The van der Waals surface area contributed by atoms with Gasteiger partial charge < -0.3 is 20.1 Å². The zero-order chi connectivity index (χ0) is 26.3. The van der Waals surface area contributed by atoms with E-state index in [1.807, 2.05) is 54.6 Å². The standard InChI is InChI=1S/C31H30Cl2O4/c32-26-12-6-23(7-13-26)30(18-19-34)31(36,24-8-14-27(33)15-9-24)25-10-16-29(17-11-25)37-21-28(35)20-22-4-2-1-3-5-22/h1-17,28,30,34-36H,18-21H2. The number of rotatable bonds is 11. The summed E-state index contributed by atoms with van der Waals surface area (Å²) in [4.78, 5) is 0. The molecule has 192 valence electrons. The molecule has 0 radical (unpaired) electrons. The van der Waals surface area contributed by atoms with Crippen molar-refractivity contribution in [3.05, 3.63) is 135 Å². The summed E-state index contributed by atoms with van der Waals surface area (Å²) in [7, 11) is 0. The normalized spacial score (nSPS) is 14.5. The molecule has 4 nitrogen and oxygen atoms in total. The second-order valence-corrected chi connectivity index (χ2v) is 9.94. The van der Waals surface area contributed by atoms with Crippen LogP contribution in [0.1, 0.15) is 34.6 Å². The molecule has 3 N–H and O–H groups in total. The minimum absolute atomic E-state index is 0.107. The predicted octanol–water partition coefficient (Wildman–Crippen LogP) is 6.38. The Hall–Kier alpha value is -2.86. The van der Waals surface area contributed by atoms with E-state index in [9.17, 15) is 15.3 Å². The van der Waals surface area contributed by atoms with Crippen molar-refractivity contribution in [1.29, 1.82) is 0 Å². The first-order chi connectivity index (χ1) is 17.9. The molecule has 0 aromatic heterocycles. The van der Waals surface area contributed by atoms with Gasteiger partial charge in [-0.15, -0.1) is 0 Å². The molecule has 0 bridgehead atoms. The van der Waals surface area contributed by atoms with Crippen LogP contribution in [0.5, 0.6) is 5.75 Å². The lowest BCUT2D eigenvalue weighted by Crippen LogP contribution is -2.35. The molecule has 0 amide bonds. The molecule has 0 aliphatic heterocycles. The maximum atomic E-state index is 12.4. The Morgan fingerprint density at radius 2 is 1.27 bits per heavy atom. The van der Waals surface area contributed by atoms with E-state index in [0.717, 1.165) is 11.1 Å². The van der Waals surface area contributed by atoms with Gasteiger partial charge in [0, 0.05) is 29.0 Å². The van der Waals surface area contributed by atoms with Crippen LogP contribution in [0.25, 0.3) is 0 Å². The van der Waals surface area contributed by atoms with Gasteiger partial charge in [-0.3, -0.25) is 0 Å². The minimum atomic E-state index is -1.47. The minimum Gasteiger partial charge on any atom is -0.491 e. The molecule has 0 saturated heterocycles. The van der Waals surface area contributed by atoms with Gasteiger partial charge in [-0.1, -0.05) is 89.9 Å². The largest absolute Gasteiger partial charge is 0.491 e. The Morgan fingerprint density at radius 3 is 1.84 bits per heavy atom. The maximum absolute atomic E-state index is 12.4. The summed E-state index contributed by atoms with van der Waals surface area (Å²) in [6, 6.07) is 31.3. The molecule has 0 heterocycles. The maximum Gasteiger partial charge on any atom is 0.121 e. The first-order valence-corrected chi connectivity index (χ1v) is 13.0. The quantitative estimate of drug-likeness (QED) is 0.208. The van der Waals surface area contributed by atoms with Crippen LogP contribution in [0, 0.1) is 0 Å². The summed E-state index contributed by atoms with van der Waals surface area (Å²) >= 11 is 12.3. The Bertz CT molecular complexity index is 1250. The summed E-state index contributed by atoms with van der Waals surface area (Å²) in [5, 5.41) is 33.8. The van der Waals surface area contributed by atoms with Crippen LogP contribution in [-0.4, -0.2) is 34.6 Å². The fraction of sp³-hybridized carbons (Fsp3) is 0.226. The second-order valence-electron chi connectivity index (χ2n) is 9.07. The van der Waals surface area contributed by atoms with Crippen molar-refractivity contribution >= 4 is 23.2 Å². The number of halogens is 2. The highest BCUT2D eigenvalue weighted by Gasteiger charge is 2.41. The molecule has 0 aliphatic carbocycles. The fourth-order valence-corrected chi connectivity index (χ4v) is 4.91. The summed E-state index contributed by atoms with van der Waals surface area (Å²) in [6.45, 7) is 0.0390. The van der Waals surface area contributed by atoms with Gasteiger partial charge in [-0.2, -0.15) is 0 Å². The van der Waals surface area contributed by atoms with Crippen LogP contribution in [0.4, 0.5) is 0 Å². The Labute approximate surface area is 227 Å². The molecule has 4 rings (SSSR count). The first-order valence-electron chi connectivity index (χ1n) is 12.2. The molecule has 0 saturated carbocycles. The molecular formula is C31H30Cl2O4. The number of benzene rings is 4. The lowest BCUT2D eigenvalue weighted by atomic mass is 9.71. The van der Waals surface area contributed by atoms with E-state index in [0.29, 0.717) is 39.8 Å². The molecule has 3 unspecified atom stereocenters. The third kappa shape index (κ3) is 6.72. The van der Waals surface area contributed by atoms with E-state index in [-0.39, 0.29) is 13.2 Å². The zero-order valence-electron chi connectivity index (χ0n) is 20.3. The number of aliphatic hydroxyl groups excluding tert-OH is 2. The van der Waals surface area contributed by atoms with E-state index in [2.05, 4.69) is 0 Å². The van der Waals surface area contributed by atoms with Gasteiger partial charge in [0.2, 0.25) is 0 Å². The second kappa shape index (κ2) is 12.6. The van der Waals surface area contributed by atoms with Crippen molar-refractivity contribution in [3.8, 4) is 5.75 Å². The van der Waals surface area contributed by atoms with Crippen molar-refractivity contribution in [2.24, 2.45) is 0 Å². The number of hydrogen-bond acceptors (Lipinski definition) is 4. The fourth-order valence-electron chi connectivity index (χ4n) is 4.66. The van der Waals surface area contributed by atoms with E-state index in [4.69, 9.17) is 27.9 Å². The van der Waals surface area contributed by atoms with Crippen molar-refractivity contribution in [3.63, 3.8) is 0 Å². The van der Waals surface area contributed by atoms with Crippen LogP contribution in [0.15, 0.2) is 103 Å². The van der Waals surface area contributed by atoms with Crippen molar-refractivity contribution in [2.45, 2.75) is 30.5 Å². The lowest BCUT2D eigenvalue weighted by molar-refractivity contribution is 0.0392. The Balaban J connectivity index is 1.61. The predicted molar refractivity (Wildman–Crippen MR) is 148 cm³/mol. The molecular weight excluding hydrogens is 507 g/mol. The molecule has 4 aromatic rings. The van der Waals surface area contributed by atoms with Gasteiger partial charge in [0.05, 0.1) is 6.10 Å². The van der Waals surface area contributed by atoms with Gasteiger partial charge in [-0.25, -0.2) is 0 Å². The summed E-state index contributed by atoms with van der Waals surface area (Å²) in [5.41, 5.74) is 1.71. The first kappa shape index (κ1) is 27.2. The molecule has 3 atom stereocenters. The number of aliphatic hydroxyl groups is 3. The SMILES string of the molecule is OCCC(c1ccc(Cl)cc1)C(O)(c1ccc(Cl)cc1)c1ccc(OCC(O)Cc2ccccc2)cc1. The van der Waals surface area contributed by atoms with E-state index < -0.39 is 17.6 Å². The number of ether oxygens (including phenoxy) is 1. The molecule has 0 fully saturated rings. The van der Waals surface area contributed by atoms with Crippen LogP contribution in [0.2, 0.25) is 10.0 Å². The monoisotopic (exact) mass is 536 g/mol. The Morgan fingerprint density at radius 1 is 0.730 bits per heavy atom. The summed E-state index contributed by atoms with van der Waals surface area (Å²) in [5.74, 6) is 0.120. The third-order valence-corrected chi connectivity index (χ3v) is 7.03. The van der Waals surface area contributed by atoms with Crippen LogP contribution in [0.3, 0.4) is 0 Å². The van der Waals surface area contributed by atoms with Gasteiger partial charge >= 0.3 is 0 Å². The molecule has 4 aromatic carbocycles. The van der Waals surface area contributed by atoms with Crippen molar-refractivity contribution in [2.75, 3.05) is 13.2 Å². The van der Waals surface area contributed by atoms with Crippen molar-refractivity contribution < 1.29 is 20.1 Å². The average molecular weight is 537 g/mol. The lowest BCUT2D eigenvalue weighted by Gasteiger charge is -2.38. The highest BCUT2D eigenvalue weighted by molar-refractivity contribution is 6.30. The Kier molecular flexibility index (Phi) is 9.25. The smallest absolute Gasteiger partial charge is 0.121 e. The van der Waals surface area contributed by atoms with Gasteiger partial charge in [-0.05, 0) is 65.1 Å². The van der Waals surface area contributed by atoms with Gasteiger partial charge in [0.15, 0.2) is 0 Å². The van der Waals surface area contributed by atoms with Crippen LogP contribution < -0.4 is 4.74 Å². The van der Waals surface area contributed by atoms with Gasteiger partial charge in [0.1, 0.15) is 18.0 Å². The summed E-state index contributed by atoms with van der Waals surface area (Å²) in [6.07, 6.45) is 0.177. The molecule has 0 spiro atoms. The molecule has 0 aliphatic rings. The highest BCUT2D eigenvalue weighted by Crippen LogP contribution is 2.45. The molecule has 6 heteroatoms. The van der Waals surface area contributed by atoms with Crippen LogP contribution >= 0.6 is 23.2 Å². The van der Waals surface area contributed by atoms with Crippen LogP contribution in [-0.2, 0) is 12.0 Å². The topological polar surface area (TPSA) is 69.9 Å². The molecule has 37 heavy (non-hydrogen) atoms. The average Bonchev–Trinajstić information content (AvgIpc) is 2.92. The third-order valence-electron chi connectivity index (χ3n) is 6.53. The zero-order valence-corrected chi connectivity index (χ0v) is 21.8. The van der Waals surface area contributed by atoms with Crippen molar-refractivity contribution in [1.82, 2.24) is 0 Å². The van der Waals surface area contributed by atoms with E-state index in [1.165, 1.54) is 0 Å². The highest BCUT2D eigenvalue weighted by atomic mass is 35.5. The number of hydrogen-bond donors (Lipinski definition) is 3. The summed E-state index contributed by atoms with van der Waals surface area (Å²) < 4.78 is 5.83. The van der Waals surface area contributed by atoms with E-state index >= 15 is 0 Å². The van der Waals surface area contributed by atoms with Gasteiger partial charge in [0.25, 0.3) is 0 Å².